The maximum absolute atomic E-state index is 12.1. The van der Waals surface area contributed by atoms with Crippen molar-refractivity contribution in [1.82, 2.24) is 14.5 Å². The molecule has 0 saturated heterocycles. The van der Waals surface area contributed by atoms with Gasteiger partial charge in [-0.2, -0.15) is 5.26 Å². The Morgan fingerprint density at radius 1 is 1.40 bits per heavy atom. The van der Waals surface area contributed by atoms with Crippen LogP contribution in [-0.2, 0) is 24.8 Å². The van der Waals surface area contributed by atoms with Gasteiger partial charge >= 0.3 is 0 Å². The molecule has 20 heavy (non-hydrogen) atoms. The Morgan fingerprint density at radius 3 is 2.65 bits per heavy atom. The summed E-state index contributed by atoms with van der Waals surface area (Å²) in [4.78, 5) is 18.0. The molecule has 0 N–H and O–H groups in total. The molecule has 0 bridgehead atoms. The third kappa shape index (κ3) is 3.23. The van der Waals surface area contributed by atoms with Gasteiger partial charge in [0.1, 0.15) is 5.82 Å². The highest BCUT2D eigenvalue weighted by Gasteiger charge is 2.12. The summed E-state index contributed by atoms with van der Waals surface area (Å²) in [6, 6.07) is 9.13. The quantitative estimate of drug-likeness (QED) is 0.844. The molecule has 2 rings (SSSR count). The van der Waals surface area contributed by atoms with Crippen molar-refractivity contribution in [3.8, 4) is 6.07 Å². The molecule has 0 aliphatic carbocycles. The van der Waals surface area contributed by atoms with Crippen LogP contribution in [0.5, 0.6) is 0 Å². The lowest BCUT2D eigenvalue weighted by Crippen LogP contribution is -2.28. The number of likely N-dealkylation sites (N-methyl/N-ethyl adjacent to an activating group) is 1. The fourth-order valence-corrected chi connectivity index (χ4v) is 1.86. The molecule has 2 aromatic rings. The van der Waals surface area contributed by atoms with Crippen molar-refractivity contribution in [2.45, 2.75) is 13.0 Å². The van der Waals surface area contributed by atoms with E-state index < -0.39 is 0 Å². The number of aryl methyl sites for hydroxylation is 1. The molecule has 1 heterocycles. The van der Waals surface area contributed by atoms with Gasteiger partial charge in [-0.05, 0) is 17.7 Å². The van der Waals surface area contributed by atoms with Crippen molar-refractivity contribution in [1.29, 1.82) is 5.26 Å². The summed E-state index contributed by atoms with van der Waals surface area (Å²) >= 11 is 0. The van der Waals surface area contributed by atoms with Crippen LogP contribution in [0.15, 0.2) is 36.7 Å². The summed E-state index contributed by atoms with van der Waals surface area (Å²) in [5.41, 5.74) is 1.50. The molecule has 5 heteroatoms. The average molecular weight is 268 g/mol. The zero-order valence-corrected chi connectivity index (χ0v) is 11.6. The number of carbonyl (C=O) groups excluding carboxylic acids is 1. The molecular weight excluding hydrogens is 252 g/mol. The first-order chi connectivity index (χ1) is 9.60. The van der Waals surface area contributed by atoms with Crippen molar-refractivity contribution >= 4 is 5.91 Å². The fraction of sp³-hybridized carbons (Fsp3) is 0.267. The SMILES string of the molecule is CN(Cc1nccn1C)C(=O)Cc1ccc(C#N)cc1. The van der Waals surface area contributed by atoms with Gasteiger partial charge in [-0.3, -0.25) is 4.79 Å². The van der Waals surface area contributed by atoms with Crippen LogP contribution in [0.4, 0.5) is 0 Å². The zero-order chi connectivity index (χ0) is 14.5. The summed E-state index contributed by atoms with van der Waals surface area (Å²) in [6.07, 6.45) is 3.90. The van der Waals surface area contributed by atoms with Crippen molar-refractivity contribution in [3.63, 3.8) is 0 Å². The van der Waals surface area contributed by atoms with Crippen LogP contribution in [-0.4, -0.2) is 27.4 Å². The summed E-state index contributed by atoms with van der Waals surface area (Å²) in [5.74, 6) is 0.874. The maximum atomic E-state index is 12.1. The summed E-state index contributed by atoms with van der Waals surface area (Å²) in [7, 11) is 3.67. The molecular formula is C15H16N4O. The minimum absolute atomic E-state index is 0.0257. The monoisotopic (exact) mass is 268 g/mol. The molecule has 1 aromatic heterocycles. The van der Waals surface area contributed by atoms with E-state index in [-0.39, 0.29) is 5.91 Å². The van der Waals surface area contributed by atoms with E-state index in [0.29, 0.717) is 18.5 Å². The Labute approximate surface area is 118 Å². The van der Waals surface area contributed by atoms with Gasteiger partial charge < -0.3 is 9.47 Å². The van der Waals surface area contributed by atoms with E-state index in [1.165, 1.54) is 0 Å². The number of rotatable bonds is 4. The van der Waals surface area contributed by atoms with E-state index in [4.69, 9.17) is 5.26 Å². The Bertz CT molecular complexity index is 637. The van der Waals surface area contributed by atoms with E-state index in [9.17, 15) is 4.79 Å². The molecule has 0 radical (unpaired) electrons. The lowest BCUT2D eigenvalue weighted by Gasteiger charge is -2.17. The second kappa shape index (κ2) is 6.02. The molecule has 0 aliphatic heterocycles. The summed E-state index contributed by atoms with van der Waals surface area (Å²) in [6.45, 7) is 0.485. The molecule has 0 aliphatic rings. The number of benzene rings is 1. The first kappa shape index (κ1) is 13.8. The van der Waals surface area contributed by atoms with Crippen LogP contribution < -0.4 is 0 Å². The van der Waals surface area contributed by atoms with Gasteiger partial charge in [0.2, 0.25) is 5.91 Å². The second-order valence-electron chi connectivity index (χ2n) is 4.69. The van der Waals surface area contributed by atoms with Gasteiger partial charge in [-0.1, -0.05) is 12.1 Å². The highest BCUT2D eigenvalue weighted by Crippen LogP contribution is 2.07. The van der Waals surface area contributed by atoms with Gasteiger partial charge in [0.25, 0.3) is 0 Å². The predicted octanol–water partition coefficient (Wildman–Crippen LogP) is 1.49. The minimum atomic E-state index is 0.0257. The highest BCUT2D eigenvalue weighted by atomic mass is 16.2. The number of imidazole rings is 1. The number of hydrogen-bond acceptors (Lipinski definition) is 3. The van der Waals surface area contributed by atoms with Gasteiger partial charge in [-0.25, -0.2) is 4.98 Å². The van der Waals surface area contributed by atoms with Crippen molar-refractivity contribution in [2.75, 3.05) is 7.05 Å². The van der Waals surface area contributed by atoms with Crippen LogP contribution in [0.1, 0.15) is 17.0 Å². The fourth-order valence-electron chi connectivity index (χ4n) is 1.86. The Balaban J connectivity index is 1.97. The van der Waals surface area contributed by atoms with Crippen LogP contribution in [0.25, 0.3) is 0 Å². The normalized spacial score (nSPS) is 10.1. The number of nitrogens with zero attached hydrogens (tertiary/aromatic N) is 4. The minimum Gasteiger partial charge on any atom is -0.338 e. The first-order valence-electron chi connectivity index (χ1n) is 6.29. The lowest BCUT2D eigenvalue weighted by molar-refractivity contribution is -0.129. The third-order valence-electron chi connectivity index (χ3n) is 3.16. The molecule has 0 atom stereocenters. The third-order valence-corrected chi connectivity index (χ3v) is 3.16. The van der Waals surface area contributed by atoms with Crippen LogP contribution >= 0.6 is 0 Å². The van der Waals surface area contributed by atoms with Crippen molar-refractivity contribution in [2.24, 2.45) is 7.05 Å². The van der Waals surface area contributed by atoms with Gasteiger partial charge in [0, 0.05) is 26.5 Å². The van der Waals surface area contributed by atoms with Crippen LogP contribution in [0.3, 0.4) is 0 Å². The molecule has 0 unspecified atom stereocenters. The van der Waals surface area contributed by atoms with Crippen LogP contribution in [0, 0.1) is 11.3 Å². The molecule has 0 fully saturated rings. The summed E-state index contributed by atoms with van der Waals surface area (Å²) < 4.78 is 1.89. The van der Waals surface area contributed by atoms with E-state index in [1.807, 2.05) is 29.9 Å². The molecule has 0 saturated carbocycles. The number of nitriles is 1. The largest absolute Gasteiger partial charge is 0.338 e. The van der Waals surface area contributed by atoms with Gasteiger partial charge in [0.05, 0.1) is 24.6 Å². The first-order valence-corrected chi connectivity index (χ1v) is 6.29. The van der Waals surface area contributed by atoms with E-state index in [1.54, 1.807) is 30.3 Å². The number of hydrogen-bond donors (Lipinski definition) is 0. The van der Waals surface area contributed by atoms with E-state index in [2.05, 4.69) is 11.1 Å². The van der Waals surface area contributed by atoms with Gasteiger partial charge in [-0.15, -0.1) is 0 Å². The van der Waals surface area contributed by atoms with Crippen molar-refractivity contribution < 1.29 is 4.79 Å². The standard InChI is InChI=1S/C15H16N4O/c1-18-8-7-17-14(18)11-19(2)15(20)9-12-3-5-13(10-16)6-4-12/h3-8H,9,11H2,1-2H3. The summed E-state index contributed by atoms with van der Waals surface area (Å²) in [5, 5.41) is 8.73. The van der Waals surface area contributed by atoms with E-state index in [0.717, 1.165) is 11.4 Å². The molecule has 0 spiro atoms. The molecule has 1 aromatic carbocycles. The predicted molar refractivity (Wildman–Crippen MR) is 74.5 cm³/mol. The molecule has 5 nitrogen and oxygen atoms in total. The van der Waals surface area contributed by atoms with Crippen molar-refractivity contribution in [3.05, 3.63) is 53.6 Å². The maximum Gasteiger partial charge on any atom is 0.227 e. The smallest absolute Gasteiger partial charge is 0.227 e. The number of amides is 1. The molecule has 1 amide bonds. The van der Waals surface area contributed by atoms with E-state index >= 15 is 0 Å². The second-order valence-corrected chi connectivity index (χ2v) is 4.69. The zero-order valence-electron chi connectivity index (χ0n) is 11.6. The Kier molecular flexibility index (Phi) is 4.16. The molecule has 102 valence electrons. The van der Waals surface area contributed by atoms with Gasteiger partial charge in [0.15, 0.2) is 0 Å². The Hall–Kier alpha value is -2.61. The number of aromatic nitrogens is 2. The highest BCUT2D eigenvalue weighted by molar-refractivity contribution is 5.78. The lowest BCUT2D eigenvalue weighted by atomic mass is 10.1. The van der Waals surface area contributed by atoms with Crippen LogP contribution in [0.2, 0.25) is 0 Å². The topological polar surface area (TPSA) is 61.9 Å². The number of carbonyl (C=O) groups is 1. The average Bonchev–Trinajstić information content (AvgIpc) is 2.85. The Morgan fingerprint density at radius 2 is 2.10 bits per heavy atom.